The first-order chi connectivity index (χ1) is 7.33. The summed E-state index contributed by atoms with van der Waals surface area (Å²) in [6.45, 7) is 3.12. The molecular formula is C12H16N2O. The van der Waals surface area contributed by atoms with Crippen molar-refractivity contribution in [1.82, 2.24) is 4.98 Å². The molecule has 0 bridgehead atoms. The van der Waals surface area contributed by atoms with E-state index in [9.17, 15) is 0 Å². The fourth-order valence-corrected chi connectivity index (χ4v) is 1.23. The maximum absolute atomic E-state index is 8.53. The lowest BCUT2D eigenvalue weighted by atomic mass is 10.1. The first kappa shape index (κ1) is 11.7. The van der Waals surface area contributed by atoms with Crippen LogP contribution in [0.5, 0.6) is 0 Å². The van der Waals surface area contributed by atoms with Crippen LogP contribution in [-0.4, -0.2) is 18.2 Å². The maximum Gasteiger partial charge on any atom is 0.0677 e. The number of nitrogens with zero attached hydrogens (tertiary/aromatic N) is 2. The average molecular weight is 204 g/mol. The van der Waals surface area contributed by atoms with Gasteiger partial charge in [0.25, 0.3) is 0 Å². The highest BCUT2D eigenvalue weighted by atomic mass is 16.5. The van der Waals surface area contributed by atoms with Crippen LogP contribution in [0.3, 0.4) is 0 Å². The van der Waals surface area contributed by atoms with Crippen LogP contribution in [0.4, 0.5) is 0 Å². The average Bonchev–Trinajstić information content (AvgIpc) is 2.29. The van der Waals surface area contributed by atoms with Crippen LogP contribution in [0.2, 0.25) is 0 Å². The predicted molar refractivity (Wildman–Crippen MR) is 58.2 cm³/mol. The van der Waals surface area contributed by atoms with Gasteiger partial charge in [-0.15, -0.1) is 0 Å². The quantitative estimate of drug-likeness (QED) is 0.667. The zero-order chi connectivity index (χ0) is 10.9. The van der Waals surface area contributed by atoms with Gasteiger partial charge in [0.15, 0.2) is 0 Å². The van der Waals surface area contributed by atoms with E-state index in [1.54, 1.807) is 12.4 Å². The molecule has 0 spiro atoms. The van der Waals surface area contributed by atoms with E-state index in [0.29, 0.717) is 13.2 Å². The number of ether oxygens (including phenoxy) is 1. The third kappa shape index (κ3) is 5.14. The summed E-state index contributed by atoms with van der Waals surface area (Å²) < 4.78 is 5.37. The first-order valence-corrected chi connectivity index (χ1v) is 5.19. The van der Waals surface area contributed by atoms with Crippen LogP contribution in [0.15, 0.2) is 24.5 Å². The smallest absolute Gasteiger partial charge is 0.0677 e. The Bertz CT molecular complexity index is 305. The summed E-state index contributed by atoms with van der Waals surface area (Å²) in [5.41, 5.74) is 1.28. The minimum atomic E-state index is -0.00840. The van der Waals surface area contributed by atoms with Crippen molar-refractivity contribution in [2.24, 2.45) is 5.92 Å². The van der Waals surface area contributed by atoms with Gasteiger partial charge in [-0.3, -0.25) is 4.98 Å². The zero-order valence-electron chi connectivity index (χ0n) is 9.02. The highest BCUT2D eigenvalue weighted by molar-refractivity contribution is 5.09. The number of rotatable bonds is 6. The van der Waals surface area contributed by atoms with E-state index >= 15 is 0 Å². The summed E-state index contributed by atoms with van der Waals surface area (Å²) in [6.07, 6.45) is 5.59. The molecule has 0 saturated carbocycles. The molecule has 1 aromatic heterocycles. The van der Waals surface area contributed by atoms with Gasteiger partial charge in [-0.1, -0.05) is 0 Å². The first-order valence-electron chi connectivity index (χ1n) is 5.19. The standard InChI is InChI=1S/C12H16N2O/c1-11(9-13)10-15-8-2-3-12-4-6-14-7-5-12/h4-7,11H,2-3,8,10H2,1H3. The molecule has 1 aromatic rings. The van der Waals surface area contributed by atoms with Crippen molar-refractivity contribution in [3.63, 3.8) is 0 Å². The molecule has 15 heavy (non-hydrogen) atoms. The zero-order valence-corrected chi connectivity index (χ0v) is 9.02. The maximum atomic E-state index is 8.53. The highest BCUT2D eigenvalue weighted by Gasteiger charge is 1.98. The summed E-state index contributed by atoms with van der Waals surface area (Å²) in [5.74, 6) is -0.00840. The van der Waals surface area contributed by atoms with Gasteiger partial charge in [0.2, 0.25) is 0 Å². The Hall–Kier alpha value is -1.40. The summed E-state index contributed by atoms with van der Waals surface area (Å²) in [5, 5.41) is 8.53. The molecule has 0 amide bonds. The van der Waals surface area contributed by atoms with Crippen molar-refractivity contribution >= 4 is 0 Å². The molecule has 3 nitrogen and oxygen atoms in total. The molecule has 80 valence electrons. The second kappa shape index (κ2) is 6.97. The Labute approximate surface area is 90.7 Å². The lowest BCUT2D eigenvalue weighted by molar-refractivity contribution is 0.116. The molecule has 0 aliphatic rings. The lowest BCUT2D eigenvalue weighted by Crippen LogP contribution is -2.05. The molecule has 3 heteroatoms. The van der Waals surface area contributed by atoms with Crippen LogP contribution < -0.4 is 0 Å². The molecule has 0 radical (unpaired) electrons. The van der Waals surface area contributed by atoms with Gasteiger partial charge in [0, 0.05) is 19.0 Å². The van der Waals surface area contributed by atoms with Crippen LogP contribution in [-0.2, 0) is 11.2 Å². The van der Waals surface area contributed by atoms with Gasteiger partial charge < -0.3 is 4.74 Å². The van der Waals surface area contributed by atoms with Crippen molar-refractivity contribution in [1.29, 1.82) is 5.26 Å². The van der Waals surface area contributed by atoms with Crippen LogP contribution >= 0.6 is 0 Å². The molecule has 0 aromatic carbocycles. The normalized spacial score (nSPS) is 12.0. The Morgan fingerprint density at radius 3 is 2.87 bits per heavy atom. The summed E-state index contributed by atoms with van der Waals surface area (Å²) in [6, 6.07) is 6.16. The van der Waals surface area contributed by atoms with E-state index in [2.05, 4.69) is 11.1 Å². The second-order valence-corrected chi connectivity index (χ2v) is 3.56. The monoisotopic (exact) mass is 204 g/mol. The molecule has 1 heterocycles. The summed E-state index contributed by atoms with van der Waals surface area (Å²) >= 11 is 0. The van der Waals surface area contributed by atoms with Crippen molar-refractivity contribution in [3.8, 4) is 6.07 Å². The molecule has 0 N–H and O–H groups in total. The summed E-state index contributed by atoms with van der Waals surface area (Å²) in [4.78, 5) is 3.96. The van der Waals surface area contributed by atoms with Gasteiger partial charge in [-0.25, -0.2) is 0 Å². The Morgan fingerprint density at radius 1 is 1.47 bits per heavy atom. The molecule has 0 aliphatic heterocycles. The van der Waals surface area contributed by atoms with Crippen molar-refractivity contribution < 1.29 is 4.74 Å². The molecule has 1 atom stereocenters. The topological polar surface area (TPSA) is 45.9 Å². The minimum absolute atomic E-state index is 0.00840. The third-order valence-corrected chi connectivity index (χ3v) is 2.09. The fraction of sp³-hybridized carbons (Fsp3) is 0.500. The van der Waals surface area contributed by atoms with Crippen LogP contribution in [0, 0.1) is 17.2 Å². The number of aromatic nitrogens is 1. The number of hydrogen-bond acceptors (Lipinski definition) is 3. The second-order valence-electron chi connectivity index (χ2n) is 3.56. The predicted octanol–water partition coefficient (Wildman–Crippen LogP) is 2.19. The van der Waals surface area contributed by atoms with Crippen molar-refractivity contribution in [2.45, 2.75) is 19.8 Å². The number of hydrogen-bond donors (Lipinski definition) is 0. The van der Waals surface area contributed by atoms with Crippen molar-refractivity contribution in [3.05, 3.63) is 30.1 Å². The Balaban J connectivity index is 2.06. The third-order valence-electron chi connectivity index (χ3n) is 2.09. The molecular weight excluding hydrogens is 188 g/mol. The van der Waals surface area contributed by atoms with Crippen molar-refractivity contribution in [2.75, 3.05) is 13.2 Å². The number of nitriles is 1. The van der Waals surface area contributed by atoms with E-state index in [1.165, 1.54) is 5.56 Å². The van der Waals surface area contributed by atoms with E-state index in [0.717, 1.165) is 12.8 Å². The van der Waals surface area contributed by atoms with Gasteiger partial charge in [0.05, 0.1) is 18.6 Å². The Morgan fingerprint density at radius 2 is 2.20 bits per heavy atom. The lowest BCUT2D eigenvalue weighted by Gasteiger charge is -2.04. The van der Waals surface area contributed by atoms with E-state index in [1.807, 2.05) is 19.1 Å². The summed E-state index contributed by atoms with van der Waals surface area (Å²) in [7, 11) is 0. The van der Waals surface area contributed by atoms with Crippen LogP contribution in [0.25, 0.3) is 0 Å². The van der Waals surface area contributed by atoms with E-state index in [-0.39, 0.29) is 5.92 Å². The van der Waals surface area contributed by atoms with E-state index < -0.39 is 0 Å². The molecule has 0 aliphatic carbocycles. The minimum Gasteiger partial charge on any atom is -0.380 e. The highest BCUT2D eigenvalue weighted by Crippen LogP contribution is 2.01. The molecule has 1 unspecified atom stereocenters. The largest absolute Gasteiger partial charge is 0.380 e. The molecule has 0 saturated heterocycles. The van der Waals surface area contributed by atoms with Crippen LogP contribution in [0.1, 0.15) is 18.9 Å². The Kier molecular flexibility index (Phi) is 5.42. The fourth-order valence-electron chi connectivity index (χ4n) is 1.23. The number of pyridine rings is 1. The van der Waals surface area contributed by atoms with Gasteiger partial charge >= 0.3 is 0 Å². The molecule has 1 rings (SSSR count). The van der Waals surface area contributed by atoms with Gasteiger partial charge in [-0.05, 0) is 37.5 Å². The van der Waals surface area contributed by atoms with Gasteiger partial charge in [-0.2, -0.15) is 5.26 Å². The van der Waals surface area contributed by atoms with Gasteiger partial charge in [0.1, 0.15) is 0 Å². The van der Waals surface area contributed by atoms with E-state index in [4.69, 9.17) is 10.00 Å². The molecule has 0 fully saturated rings. The number of aryl methyl sites for hydroxylation is 1. The SMILES string of the molecule is CC(C#N)COCCCc1ccncc1.